The fraction of sp³-hybridized carbons (Fsp3) is 0.316. The molecule has 0 atom stereocenters. The van der Waals surface area contributed by atoms with E-state index in [-0.39, 0.29) is 53.1 Å². The van der Waals surface area contributed by atoms with Gasteiger partial charge < -0.3 is 5.32 Å². The molecule has 3 rings (SSSR count). The van der Waals surface area contributed by atoms with Crippen molar-refractivity contribution in [2.45, 2.75) is 24.7 Å². The molecule has 1 aliphatic heterocycles. The molecule has 1 amide bonds. The maximum absolute atomic E-state index is 12.9. The van der Waals surface area contributed by atoms with Crippen LogP contribution in [0, 0.1) is 33.1 Å². The fourth-order valence-electron chi connectivity index (χ4n) is 3.43. The average molecular weight is 483 g/mol. The number of aryl methyl sites for hydroxylation is 1. The van der Waals surface area contributed by atoms with Gasteiger partial charge in [0.1, 0.15) is 4.90 Å². The molecule has 0 saturated carbocycles. The van der Waals surface area contributed by atoms with E-state index in [0.29, 0.717) is 5.56 Å². The first kappa shape index (κ1) is 23.6. The number of nitro benzene ring substituents is 2. The van der Waals surface area contributed by atoms with Crippen molar-refractivity contribution in [1.29, 1.82) is 0 Å². The van der Waals surface area contributed by atoms with Gasteiger partial charge in [-0.2, -0.15) is 4.31 Å². The standard InChI is InChI=1S/C19H19ClN4O7S/c1-12-2-3-14(10-17(12)24(28)29)21-19(25)13-6-8-22(9-7-13)32(30,31)18-11-15(23(26)27)4-5-16(18)20/h2-5,10-11,13H,6-9H2,1H3,(H,21,25). The van der Waals surface area contributed by atoms with Gasteiger partial charge in [0.05, 0.1) is 14.9 Å². The Morgan fingerprint density at radius 3 is 2.34 bits per heavy atom. The van der Waals surface area contributed by atoms with Crippen LogP contribution in [0.2, 0.25) is 5.02 Å². The predicted molar refractivity (Wildman–Crippen MR) is 116 cm³/mol. The van der Waals surface area contributed by atoms with Crippen molar-refractivity contribution in [3.8, 4) is 0 Å². The van der Waals surface area contributed by atoms with E-state index in [1.54, 1.807) is 13.0 Å². The lowest BCUT2D eigenvalue weighted by molar-refractivity contribution is -0.385. The van der Waals surface area contributed by atoms with Gasteiger partial charge in [-0.1, -0.05) is 17.7 Å². The highest BCUT2D eigenvalue weighted by atomic mass is 35.5. The van der Waals surface area contributed by atoms with E-state index in [1.165, 1.54) is 12.1 Å². The van der Waals surface area contributed by atoms with Gasteiger partial charge in [0, 0.05) is 48.5 Å². The third-order valence-electron chi connectivity index (χ3n) is 5.24. The van der Waals surface area contributed by atoms with Gasteiger partial charge in [-0.3, -0.25) is 25.0 Å². The van der Waals surface area contributed by atoms with Crippen LogP contribution in [0.4, 0.5) is 17.1 Å². The summed E-state index contributed by atoms with van der Waals surface area (Å²) in [4.78, 5) is 33.0. The van der Waals surface area contributed by atoms with Gasteiger partial charge in [-0.25, -0.2) is 8.42 Å². The quantitative estimate of drug-likeness (QED) is 0.488. The molecule has 0 bridgehead atoms. The van der Waals surface area contributed by atoms with Gasteiger partial charge in [-0.05, 0) is 31.9 Å². The molecule has 1 N–H and O–H groups in total. The van der Waals surface area contributed by atoms with Crippen LogP contribution in [0.3, 0.4) is 0 Å². The highest BCUT2D eigenvalue weighted by Crippen LogP contribution is 2.31. The van der Waals surface area contributed by atoms with E-state index in [2.05, 4.69) is 5.32 Å². The summed E-state index contributed by atoms with van der Waals surface area (Å²) in [5, 5.41) is 24.6. The first-order valence-corrected chi connectivity index (χ1v) is 11.3. The zero-order chi connectivity index (χ0) is 23.6. The summed E-state index contributed by atoms with van der Waals surface area (Å²) < 4.78 is 27.0. The van der Waals surface area contributed by atoms with E-state index >= 15 is 0 Å². The minimum atomic E-state index is -4.09. The second-order valence-corrected chi connectivity index (χ2v) is 9.61. The summed E-state index contributed by atoms with van der Waals surface area (Å²) in [7, 11) is -4.09. The van der Waals surface area contributed by atoms with Crippen molar-refractivity contribution in [1.82, 2.24) is 4.31 Å². The Morgan fingerprint density at radius 1 is 1.09 bits per heavy atom. The minimum absolute atomic E-state index is 0.0213. The number of rotatable bonds is 6. The molecule has 0 radical (unpaired) electrons. The van der Waals surface area contributed by atoms with Crippen LogP contribution in [0.5, 0.6) is 0 Å². The molecule has 1 aliphatic rings. The summed E-state index contributed by atoms with van der Waals surface area (Å²) in [6, 6.07) is 7.56. The van der Waals surface area contributed by atoms with E-state index in [0.717, 1.165) is 22.5 Å². The Morgan fingerprint density at radius 2 is 1.75 bits per heavy atom. The summed E-state index contributed by atoms with van der Waals surface area (Å²) in [6.45, 7) is 1.63. The van der Waals surface area contributed by atoms with Crippen molar-refractivity contribution in [2.75, 3.05) is 18.4 Å². The number of hydrogen-bond donors (Lipinski definition) is 1. The van der Waals surface area contributed by atoms with Crippen molar-refractivity contribution in [3.05, 3.63) is 67.2 Å². The summed E-state index contributed by atoms with van der Waals surface area (Å²) in [6.07, 6.45) is 0.428. The van der Waals surface area contributed by atoms with Gasteiger partial charge in [-0.15, -0.1) is 0 Å². The Labute approximate surface area is 188 Å². The molecular formula is C19H19ClN4O7S. The number of anilines is 1. The van der Waals surface area contributed by atoms with Crippen LogP contribution < -0.4 is 5.32 Å². The highest BCUT2D eigenvalue weighted by Gasteiger charge is 2.34. The smallest absolute Gasteiger partial charge is 0.274 e. The largest absolute Gasteiger partial charge is 0.326 e. The zero-order valence-electron chi connectivity index (χ0n) is 16.9. The Balaban J connectivity index is 1.69. The molecule has 2 aromatic rings. The van der Waals surface area contributed by atoms with Crippen molar-refractivity contribution < 1.29 is 23.1 Å². The number of non-ortho nitro benzene ring substituents is 1. The second kappa shape index (κ2) is 9.18. The number of benzene rings is 2. The van der Waals surface area contributed by atoms with Crippen molar-refractivity contribution >= 4 is 44.6 Å². The zero-order valence-corrected chi connectivity index (χ0v) is 18.4. The molecule has 2 aromatic carbocycles. The minimum Gasteiger partial charge on any atom is -0.326 e. The first-order chi connectivity index (χ1) is 15.0. The summed E-state index contributed by atoms with van der Waals surface area (Å²) >= 11 is 5.98. The predicted octanol–water partition coefficient (Wildman–Crippen LogP) is 3.50. The summed E-state index contributed by atoms with van der Waals surface area (Å²) in [5.74, 6) is -0.865. The maximum Gasteiger partial charge on any atom is 0.274 e. The topological polar surface area (TPSA) is 153 Å². The monoisotopic (exact) mass is 482 g/mol. The van der Waals surface area contributed by atoms with Crippen LogP contribution in [0.25, 0.3) is 0 Å². The fourth-order valence-corrected chi connectivity index (χ4v) is 5.39. The van der Waals surface area contributed by atoms with Gasteiger partial charge >= 0.3 is 0 Å². The number of hydrogen-bond acceptors (Lipinski definition) is 7. The lowest BCUT2D eigenvalue weighted by Crippen LogP contribution is -2.41. The molecule has 1 fully saturated rings. The van der Waals surface area contributed by atoms with Gasteiger partial charge in [0.15, 0.2) is 0 Å². The number of piperidine rings is 1. The molecule has 11 nitrogen and oxygen atoms in total. The van der Waals surface area contributed by atoms with Crippen LogP contribution >= 0.6 is 11.6 Å². The Bertz CT molecular complexity index is 1190. The molecule has 0 spiro atoms. The SMILES string of the molecule is Cc1ccc(NC(=O)C2CCN(S(=O)(=O)c3cc([N+](=O)[O-])ccc3Cl)CC2)cc1[N+](=O)[O-]. The number of nitrogens with one attached hydrogen (secondary N) is 1. The molecule has 0 aromatic heterocycles. The van der Waals surface area contributed by atoms with E-state index in [1.807, 2.05) is 0 Å². The normalized spacial score (nSPS) is 15.3. The maximum atomic E-state index is 12.9. The van der Waals surface area contributed by atoms with Crippen LogP contribution in [0.1, 0.15) is 18.4 Å². The van der Waals surface area contributed by atoms with E-state index in [4.69, 9.17) is 11.6 Å². The lowest BCUT2D eigenvalue weighted by Gasteiger charge is -2.30. The molecule has 1 saturated heterocycles. The molecule has 0 unspecified atom stereocenters. The molecular weight excluding hydrogens is 464 g/mol. The van der Waals surface area contributed by atoms with E-state index < -0.39 is 31.5 Å². The van der Waals surface area contributed by atoms with E-state index in [9.17, 15) is 33.4 Å². The number of nitro groups is 2. The molecule has 13 heteroatoms. The van der Waals surface area contributed by atoms with Gasteiger partial charge in [0.2, 0.25) is 15.9 Å². The molecule has 170 valence electrons. The lowest BCUT2D eigenvalue weighted by atomic mass is 9.97. The van der Waals surface area contributed by atoms with Crippen LogP contribution in [-0.4, -0.2) is 41.6 Å². The van der Waals surface area contributed by atoms with Crippen LogP contribution in [0.15, 0.2) is 41.3 Å². The molecule has 0 aliphatic carbocycles. The highest BCUT2D eigenvalue weighted by molar-refractivity contribution is 7.89. The second-order valence-electron chi connectivity index (χ2n) is 7.30. The van der Waals surface area contributed by atoms with Crippen molar-refractivity contribution in [3.63, 3.8) is 0 Å². The number of nitrogens with zero attached hydrogens (tertiary/aromatic N) is 3. The number of halogens is 1. The Kier molecular flexibility index (Phi) is 6.77. The number of carbonyl (C=O) groups excluding carboxylic acids is 1. The third kappa shape index (κ3) is 4.87. The van der Waals surface area contributed by atoms with Gasteiger partial charge in [0.25, 0.3) is 11.4 Å². The molecule has 32 heavy (non-hydrogen) atoms. The molecule has 1 heterocycles. The van der Waals surface area contributed by atoms with Crippen molar-refractivity contribution in [2.24, 2.45) is 5.92 Å². The number of amides is 1. The average Bonchev–Trinajstić information content (AvgIpc) is 2.75. The number of sulfonamides is 1. The Hall–Kier alpha value is -3.09. The third-order valence-corrected chi connectivity index (χ3v) is 7.62. The van der Waals surface area contributed by atoms with Crippen LogP contribution in [-0.2, 0) is 14.8 Å². The first-order valence-electron chi connectivity index (χ1n) is 9.50. The summed E-state index contributed by atoms with van der Waals surface area (Å²) in [5.41, 5.74) is 0.240. The number of carbonyl (C=O) groups is 1.